The van der Waals surface area contributed by atoms with Crippen molar-refractivity contribution < 1.29 is 0 Å². The van der Waals surface area contributed by atoms with E-state index in [9.17, 15) is 0 Å². The second-order valence-corrected chi connectivity index (χ2v) is 5.81. The molecule has 1 unspecified atom stereocenters. The van der Waals surface area contributed by atoms with Crippen LogP contribution in [-0.2, 0) is 11.8 Å². The van der Waals surface area contributed by atoms with Crippen LogP contribution in [-0.4, -0.2) is 6.54 Å². The molecule has 1 aromatic rings. The van der Waals surface area contributed by atoms with Crippen molar-refractivity contribution in [2.75, 3.05) is 6.54 Å². The Labute approximate surface area is 99.3 Å². The van der Waals surface area contributed by atoms with E-state index in [-0.39, 0.29) is 5.41 Å². The zero-order chi connectivity index (χ0) is 11.8. The van der Waals surface area contributed by atoms with Crippen LogP contribution in [0.2, 0.25) is 0 Å². The lowest BCUT2D eigenvalue weighted by Gasteiger charge is -2.21. The summed E-state index contributed by atoms with van der Waals surface area (Å²) in [5, 5.41) is 3.58. The van der Waals surface area contributed by atoms with Gasteiger partial charge in [0.2, 0.25) is 0 Å². The molecule has 0 spiro atoms. The van der Waals surface area contributed by atoms with Crippen LogP contribution in [0, 0.1) is 0 Å². The minimum absolute atomic E-state index is 0.258. The van der Waals surface area contributed by atoms with E-state index < -0.39 is 0 Å². The predicted molar refractivity (Wildman–Crippen MR) is 69.9 cm³/mol. The van der Waals surface area contributed by atoms with E-state index in [1.54, 1.807) is 5.56 Å². The lowest BCUT2D eigenvalue weighted by Crippen LogP contribution is -2.19. The maximum Gasteiger partial charge on any atom is 0.0326 e. The van der Waals surface area contributed by atoms with E-state index >= 15 is 0 Å². The van der Waals surface area contributed by atoms with Crippen molar-refractivity contribution in [1.82, 2.24) is 5.32 Å². The van der Waals surface area contributed by atoms with E-state index in [1.165, 1.54) is 24.0 Å². The Hall–Kier alpha value is -0.820. The van der Waals surface area contributed by atoms with Crippen molar-refractivity contribution in [2.24, 2.45) is 0 Å². The molecule has 1 aromatic carbocycles. The SMILES string of the molecule is CCNC1CCc2ccc(C(C)(C)C)cc21. The number of fused-ring (bicyclic) bond motifs is 1. The van der Waals surface area contributed by atoms with Gasteiger partial charge >= 0.3 is 0 Å². The van der Waals surface area contributed by atoms with Crippen molar-refractivity contribution in [1.29, 1.82) is 0 Å². The van der Waals surface area contributed by atoms with Gasteiger partial charge in [0.15, 0.2) is 0 Å². The van der Waals surface area contributed by atoms with Gasteiger partial charge in [-0.2, -0.15) is 0 Å². The highest BCUT2D eigenvalue weighted by atomic mass is 14.9. The summed E-state index contributed by atoms with van der Waals surface area (Å²) in [7, 11) is 0. The van der Waals surface area contributed by atoms with Gasteiger partial charge < -0.3 is 5.32 Å². The third kappa shape index (κ3) is 2.15. The molecule has 0 saturated heterocycles. The van der Waals surface area contributed by atoms with Crippen LogP contribution in [0.1, 0.15) is 56.8 Å². The number of hydrogen-bond donors (Lipinski definition) is 1. The van der Waals surface area contributed by atoms with Gasteiger partial charge in [-0.1, -0.05) is 45.9 Å². The molecule has 0 bridgehead atoms. The highest BCUT2D eigenvalue weighted by Gasteiger charge is 2.23. The first-order valence-corrected chi connectivity index (χ1v) is 6.39. The van der Waals surface area contributed by atoms with Crippen molar-refractivity contribution in [3.8, 4) is 0 Å². The Morgan fingerprint density at radius 1 is 1.31 bits per heavy atom. The maximum atomic E-state index is 3.58. The molecule has 1 N–H and O–H groups in total. The van der Waals surface area contributed by atoms with E-state index in [0.29, 0.717) is 6.04 Å². The highest BCUT2D eigenvalue weighted by molar-refractivity contribution is 5.40. The topological polar surface area (TPSA) is 12.0 Å². The van der Waals surface area contributed by atoms with E-state index in [1.807, 2.05) is 0 Å². The zero-order valence-electron chi connectivity index (χ0n) is 10.9. The van der Waals surface area contributed by atoms with Gasteiger partial charge in [-0.3, -0.25) is 0 Å². The lowest BCUT2D eigenvalue weighted by atomic mass is 9.85. The van der Waals surface area contributed by atoms with Crippen LogP contribution in [0.4, 0.5) is 0 Å². The Morgan fingerprint density at radius 3 is 2.69 bits per heavy atom. The monoisotopic (exact) mass is 217 g/mol. The summed E-state index contributed by atoms with van der Waals surface area (Å²) in [5.41, 5.74) is 4.79. The summed E-state index contributed by atoms with van der Waals surface area (Å²) in [6.45, 7) is 10.1. The van der Waals surface area contributed by atoms with Gasteiger partial charge in [0, 0.05) is 6.04 Å². The van der Waals surface area contributed by atoms with Crippen molar-refractivity contribution in [3.63, 3.8) is 0 Å². The number of benzene rings is 1. The first-order chi connectivity index (χ1) is 7.52. The largest absolute Gasteiger partial charge is 0.310 e. The third-order valence-electron chi connectivity index (χ3n) is 3.54. The van der Waals surface area contributed by atoms with Crippen LogP contribution >= 0.6 is 0 Å². The average molecular weight is 217 g/mol. The van der Waals surface area contributed by atoms with Crippen LogP contribution in [0.25, 0.3) is 0 Å². The zero-order valence-corrected chi connectivity index (χ0v) is 10.9. The molecule has 0 aliphatic heterocycles. The molecule has 2 rings (SSSR count). The third-order valence-corrected chi connectivity index (χ3v) is 3.54. The molecule has 0 radical (unpaired) electrons. The van der Waals surface area contributed by atoms with Gasteiger partial charge in [-0.15, -0.1) is 0 Å². The number of aryl methyl sites for hydroxylation is 1. The Bertz CT molecular complexity index is 372. The lowest BCUT2D eigenvalue weighted by molar-refractivity contribution is 0.545. The Morgan fingerprint density at radius 2 is 2.06 bits per heavy atom. The molecule has 88 valence electrons. The molecule has 1 heteroatoms. The van der Waals surface area contributed by atoms with Gasteiger partial charge in [0.1, 0.15) is 0 Å². The number of hydrogen-bond acceptors (Lipinski definition) is 1. The van der Waals surface area contributed by atoms with Crippen molar-refractivity contribution in [2.45, 2.75) is 52.0 Å². The molecule has 0 heterocycles. The summed E-state index contributed by atoms with van der Waals surface area (Å²) < 4.78 is 0. The van der Waals surface area contributed by atoms with Crippen LogP contribution in [0.3, 0.4) is 0 Å². The van der Waals surface area contributed by atoms with E-state index in [4.69, 9.17) is 0 Å². The van der Waals surface area contributed by atoms with Crippen LogP contribution < -0.4 is 5.32 Å². The Balaban J connectivity index is 2.34. The molecular weight excluding hydrogens is 194 g/mol. The van der Waals surface area contributed by atoms with Crippen molar-refractivity contribution >= 4 is 0 Å². The summed E-state index contributed by atoms with van der Waals surface area (Å²) >= 11 is 0. The fourth-order valence-electron chi connectivity index (χ4n) is 2.53. The average Bonchev–Trinajstić information content (AvgIpc) is 2.60. The standard InChI is InChI=1S/C15H23N/c1-5-16-14-9-7-11-6-8-12(10-13(11)14)15(2,3)4/h6,8,10,14,16H,5,7,9H2,1-4H3. The first-order valence-electron chi connectivity index (χ1n) is 6.39. The molecule has 16 heavy (non-hydrogen) atoms. The highest BCUT2D eigenvalue weighted by Crippen LogP contribution is 2.34. The fourth-order valence-corrected chi connectivity index (χ4v) is 2.53. The minimum Gasteiger partial charge on any atom is -0.310 e. The molecule has 0 amide bonds. The van der Waals surface area contributed by atoms with Gasteiger partial charge in [-0.25, -0.2) is 0 Å². The molecule has 0 aromatic heterocycles. The van der Waals surface area contributed by atoms with Crippen LogP contribution in [0.15, 0.2) is 18.2 Å². The van der Waals surface area contributed by atoms with Crippen molar-refractivity contribution in [3.05, 3.63) is 34.9 Å². The summed E-state index contributed by atoms with van der Waals surface area (Å²) in [6, 6.07) is 7.62. The Kier molecular flexibility index (Phi) is 3.07. The first kappa shape index (κ1) is 11.7. The summed E-state index contributed by atoms with van der Waals surface area (Å²) in [5.74, 6) is 0. The molecule has 1 aliphatic carbocycles. The molecule has 0 fully saturated rings. The summed E-state index contributed by atoms with van der Waals surface area (Å²) in [6.07, 6.45) is 2.49. The maximum absolute atomic E-state index is 3.58. The molecule has 1 aliphatic rings. The van der Waals surface area contributed by atoms with Gasteiger partial charge in [0.05, 0.1) is 0 Å². The van der Waals surface area contributed by atoms with Gasteiger partial charge in [0.25, 0.3) is 0 Å². The molecular formula is C15H23N. The normalized spacial score (nSPS) is 19.9. The molecule has 1 nitrogen and oxygen atoms in total. The number of nitrogens with one attached hydrogen (secondary N) is 1. The predicted octanol–water partition coefficient (Wildman–Crippen LogP) is 3.58. The van der Waals surface area contributed by atoms with Crippen LogP contribution in [0.5, 0.6) is 0 Å². The smallest absolute Gasteiger partial charge is 0.0326 e. The second-order valence-electron chi connectivity index (χ2n) is 5.81. The molecule has 0 saturated carbocycles. The quantitative estimate of drug-likeness (QED) is 0.798. The summed E-state index contributed by atoms with van der Waals surface area (Å²) in [4.78, 5) is 0. The second kappa shape index (κ2) is 4.21. The van der Waals surface area contributed by atoms with Gasteiger partial charge in [-0.05, 0) is 41.5 Å². The van der Waals surface area contributed by atoms with E-state index in [0.717, 1.165) is 6.54 Å². The number of rotatable bonds is 2. The fraction of sp³-hybridized carbons (Fsp3) is 0.600. The minimum atomic E-state index is 0.258. The van der Waals surface area contributed by atoms with E-state index in [2.05, 4.69) is 51.2 Å². The molecule has 1 atom stereocenters.